The van der Waals surface area contributed by atoms with Gasteiger partial charge in [-0.05, 0) is 30.4 Å². The summed E-state index contributed by atoms with van der Waals surface area (Å²) in [4.78, 5) is 11.0. The van der Waals surface area contributed by atoms with Gasteiger partial charge >= 0.3 is 5.97 Å². The van der Waals surface area contributed by atoms with E-state index < -0.39 is 0 Å². The van der Waals surface area contributed by atoms with Crippen molar-refractivity contribution in [3.63, 3.8) is 0 Å². The van der Waals surface area contributed by atoms with Gasteiger partial charge in [0, 0.05) is 12.3 Å². The normalized spacial score (nSPS) is 19.6. The van der Waals surface area contributed by atoms with Gasteiger partial charge in [0.05, 0.1) is 6.61 Å². The number of benzene rings is 1. The van der Waals surface area contributed by atoms with Crippen LogP contribution in [0.15, 0.2) is 24.3 Å². The van der Waals surface area contributed by atoms with Crippen molar-refractivity contribution in [2.24, 2.45) is 0 Å². The molecule has 0 saturated carbocycles. The van der Waals surface area contributed by atoms with Gasteiger partial charge in [-0.1, -0.05) is 44.0 Å². The van der Waals surface area contributed by atoms with Crippen LogP contribution in [0.25, 0.3) is 0 Å². The number of hydrogen-bond acceptors (Lipinski definition) is 2. The average molecular weight is 246 g/mol. The molecule has 1 aliphatic rings. The van der Waals surface area contributed by atoms with Gasteiger partial charge in [-0.3, -0.25) is 4.79 Å². The number of cyclic esters (lactones) is 1. The molecule has 2 nitrogen and oxygen atoms in total. The van der Waals surface area contributed by atoms with E-state index in [1.165, 1.54) is 36.8 Å². The van der Waals surface area contributed by atoms with E-state index >= 15 is 0 Å². The maximum atomic E-state index is 11.0. The van der Waals surface area contributed by atoms with E-state index in [4.69, 9.17) is 4.74 Å². The van der Waals surface area contributed by atoms with Crippen molar-refractivity contribution in [1.82, 2.24) is 0 Å². The highest BCUT2D eigenvalue weighted by Crippen LogP contribution is 2.26. The van der Waals surface area contributed by atoms with Crippen LogP contribution >= 0.6 is 0 Å². The number of esters is 1. The van der Waals surface area contributed by atoms with E-state index in [0.717, 1.165) is 6.42 Å². The third-order valence-electron chi connectivity index (χ3n) is 3.66. The summed E-state index contributed by atoms with van der Waals surface area (Å²) in [5, 5.41) is 0. The van der Waals surface area contributed by atoms with Crippen molar-refractivity contribution in [3.05, 3.63) is 35.4 Å². The van der Waals surface area contributed by atoms with Crippen molar-refractivity contribution < 1.29 is 9.53 Å². The fourth-order valence-corrected chi connectivity index (χ4v) is 2.44. The number of ether oxygens (including phenoxy) is 1. The molecule has 0 spiro atoms. The Bertz CT molecular complexity index is 371. The van der Waals surface area contributed by atoms with Gasteiger partial charge in [0.1, 0.15) is 0 Å². The van der Waals surface area contributed by atoms with Crippen LogP contribution in [0.5, 0.6) is 0 Å². The lowest BCUT2D eigenvalue weighted by molar-refractivity contribution is -0.147. The quantitative estimate of drug-likeness (QED) is 0.583. The molecule has 1 unspecified atom stereocenters. The number of hydrogen-bond donors (Lipinski definition) is 0. The number of aryl methyl sites for hydroxylation is 1. The molecule has 2 heteroatoms. The second-order valence-corrected chi connectivity index (χ2v) is 5.12. The van der Waals surface area contributed by atoms with Gasteiger partial charge in [-0.25, -0.2) is 0 Å². The topological polar surface area (TPSA) is 26.3 Å². The predicted molar refractivity (Wildman–Crippen MR) is 72.6 cm³/mol. The third kappa shape index (κ3) is 3.59. The van der Waals surface area contributed by atoms with Crippen LogP contribution in [0.1, 0.15) is 56.1 Å². The zero-order chi connectivity index (χ0) is 12.8. The molecular formula is C16H22O2. The molecule has 0 bridgehead atoms. The SMILES string of the molecule is CCCCCc1ccc(C2CCC(=O)OC2)cc1. The Balaban J connectivity index is 1.89. The van der Waals surface area contributed by atoms with Gasteiger partial charge in [0.25, 0.3) is 0 Å². The van der Waals surface area contributed by atoms with Crippen LogP contribution in [0, 0.1) is 0 Å². The lowest BCUT2D eigenvalue weighted by Crippen LogP contribution is -2.20. The molecule has 1 fully saturated rings. The Morgan fingerprint density at radius 2 is 2.00 bits per heavy atom. The lowest BCUT2D eigenvalue weighted by atomic mass is 9.92. The standard InChI is InChI=1S/C16H22O2/c1-2-3-4-5-13-6-8-14(9-7-13)15-10-11-16(17)18-12-15/h6-9,15H,2-5,10-12H2,1H3. The van der Waals surface area contributed by atoms with E-state index in [9.17, 15) is 4.79 Å². The Hall–Kier alpha value is -1.31. The van der Waals surface area contributed by atoms with Crippen LogP contribution in [-0.2, 0) is 16.0 Å². The molecule has 1 aromatic rings. The first kappa shape index (κ1) is 13.1. The third-order valence-corrected chi connectivity index (χ3v) is 3.66. The van der Waals surface area contributed by atoms with Crippen molar-refractivity contribution in [2.75, 3.05) is 6.61 Å². The maximum Gasteiger partial charge on any atom is 0.305 e. The lowest BCUT2D eigenvalue weighted by Gasteiger charge is -2.22. The first-order valence-corrected chi connectivity index (χ1v) is 7.04. The molecule has 0 radical (unpaired) electrons. The molecule has 1 aromatic carbocycles. The first-order chi connectivity index (χ1) is 8.79. The molecule has 0 amide bonds. The summed E-state index contributed by atoms with van der Waals surface area (Å²) in [5.41, 5.74) is 2.72. The summed E-state index contributed by atoms with van der Waals surface area (Å²) in [6.07, 6.45) is 6.51. The van der Waals surface area contributed by atoms with Crippen LogP contribution in [0.3, 0.4) is 0 Å². The van der Waals surface area contributed by atoms with Crippen LogP contribution in [-0.4, -0.2) is 12.6 Å². The van der Waals surface area contributed by atoms with E-state index in [2.05, 4.69) is 31.2 Å². The predicted octanol–water partition coefficient (Wildman–Crippen LogP) is 3.84. The molecule has 1 aliphatic heterocycles. The Labute approximate surface area is 109 Å². The molecular weight excluding hydrogens is 224 g/mol. The summed E-state index contributed by atoms with van der Waals surface area (Å²) in [6.45, 7) is 2.78. The highest BCUT2D eigenvalue weighted by Gasteiger charge is 2.20. The minimum atomic E-state index is -0.0533. The average Bonchev–Trinajstić information content (AvgIpc) is 2.41. The van der Waals surface area contributed by atoms with Gasteiger partial charge in [0.15, 0.2) is 0 Å². The van der Waals surface area contributed by atoms with E-state index in [1.54, 1.807) is 0 Å². The monoisotopic (exact) mass is 246 g/mol. The minimum absolute atomic E-state index is 0.0533. The van der Waals surface area contributed by atoms with E-state index in [-0.39, 0.29) is 5.97 Å². The number of rotatable bonds is 5. The summed E-state index contributed by atoms with van der Waals surface area (Å²) in [7, 11) is 0. The van der Waals surface area contributed by atoms with Crippen molar-refractivity contribution >= 4 is 5.97 Å². The highest BCUT2D eigenvalue weighted by molar-refractivity contribution is 5.70. The van der Waals surface area contributed by atoms with E-state index in [1.807, 2.05) is 0 Å². The van der Waals surface area contributed by atoms with Gasteiger partial charge in [-0.2, -0.15) is 0 Å². The van der Waals surface area contributed by atoms with Crippen molar-refractivity contribution in [1.29, 1.82) is 0 Å². The Morgan fingerprint density at radius 1 is 1.22 bits per heavy atom. The minimum Gasteiger partial charge on any atom is -0.465 e. The highest BCUT2D eigenvalue weighted by atomic mass is 16.5. The second-order valence-electron chi connectivity index (χ2n) is 5.12. The van der Waals surface area contributed by atoms with Crippen LogP contribution in [0.2, 0.25) is 0 Å². The number of unbranched alkanes of at least 4 members (excludes halogenated alkanes) is 2. The van der Waals surface area contributed by atoms with Gasteiger partial charge in [0.2, 0.25) is 0 Å². The van der Waals surface area contributed by atoms with Gasteiger partial charge in [-0.15, -0.1) is 0 Å². The molecule has 98 valence electrons. The number of carbonyl (C=O) groups excluding carboxylic acids is 1. The van der Waals surface area contributed by atoms with E-state index in [0.29, 0.717) is 18.9 Å². The molecule has 1 atom stereocenters. The summed E-state index contributed by atoms with van der Waals surface area (Å²) in [6, 6.07) is 8.85. The van der Waals surface area contributed by atoms with Gasteiger partial charge < -0.3 is 4.74 Å². The smallest absolute Gasteiger partial charge is 0.305 e. The first-order valence-electron chi connectivity index (χ1n) is 7.04. The van der Waals surface area contributed by atoms with Crippen molar-refractivity contribution in [3.8, 4) is 0 Å². The molecule has 1 heterocycles. The molecule has 1 saturated heterocycles. The number of carbonyl (C=O) groups is 1. The zero-order valence-electron chi connectivity index (χ0n) is 11.2. The molecule has 0 aliphatic carbocycles. The largest absolute Gasteiger partial charge is 0.465 e. The maximum absolute atomic E-state index is 11.0. The van der Waals surface area contributed by atoms with Crippen molar-refractivity contribution in [2.45, 2.75) is 51.4 Å². The zero-order valence-corrected chi connectivity index (χ0v) is 11.2. The molecule has 2 rings (SSSR count). The Morgan fingerprint density at radius 3 is 2.61 bits per heavy atom. The fourth-order valence-electron chi connectivity index (χ4n) is 2.44. The second kappa shape index (κ2) is 6.58. The summed E-state index contributed by atoms with van der Waals surface area (Å²) < 4.78 is 5.12. The van der Waals surface area contributed by atoms with Crippen LogP contribution < -0.4 is 0 Å². The van der Waals surface area contributed by atoms with Crippen LogP contribution in [0.4, 0.5) is 0 Å². The molecule has 0 aromatic heterocycles. The Kier molecular flexibility index (Phi) is 4.80. The summed E-state index contributed by atoms with van der Waals surface area (Å²) in [5.74, 6) is 0.342. The molecule has 18 heavy (non-hydrogen) atoms. The summed E-state index contributed by atoms with van der Waals surface area (Å²) >= 11 is 0. The molecule has 0 N–H and O–H groups in total. The fraction of sp³-hybridized carbons (Fsp3) is 0.562.